The second kappa shape index (κ2) is 7.40. The highest BCUT2D eigenvalue weighted by molar-refractivity contribution is 8.00. The van der Waals surface area contributed by atoms with E-state index in [1.807, 2.05) is 68.4 Å². The zero-order valence-corrected chi connectivity index (χ0v) is 14.8. The number of carbonyl (C=O) groups is 1. The molecule has 1 aromatic heterocycles. The summed E-state index contributed by atoms with van der Waals surface area (Å²) in [6.45, 7) is 3.83. The Balaban J connectivity index is 1.70. The Morgan fingerprint density at radius 2 is 1.80 bits per heavy atom. The van der Waals surface area contributed by atoms with Gasteiger partial charge in [0.1, 0.15) is 0 Å². The highest BCUT2D eigenvalue weighted by Crippen LogP contribution is 2.25. The minimum absolute atomic E-state index is 0.115. The van der Waals surface area contributed by atoms with Crippen LogP contribution in [0.3, 0.4) is 0 Å². The summed E-state index contributed by atoms with van der Waals surface area (Å²) in [5.41, 5.74) is 2.80. The predicted molar refractivity (Wildman–Crippen MR) is 101 cm³/mol. The maximum atomic E-state index is 12.3. The lowest BCUT2D eigenvalue weighted by Crippen LogP contribution is -2.23. The first-order valence-electron chi connectivity index (χ1n) is 7.84. The molecule has 0 spiro atoms. The molecule has 7 heteroatoms. The first kappa shape index (κ1) is 17.0. The number of amides is 1. The van der Waals surface area contributed by atoms with Gasteiger partial charge in [-0.05, 0) is 26.0 Å². The second-order valence-corrected chi connectivity index (χ2v) is 6.97. The largest absolute Gasteiger partial charge is 0.335 e. The third kappa shape index (κ3) is 4.00. The van der Waals surface area contributed by atoms with Gasteiger partial charge in [-0.25, -0.2) is 4.68 Å². The van der Waals surface area contributed by atoms with Crippen molar-refractivity contribution < 1.29 is 4.79 Å². The number of benzene rings is 2. The van der Waals surface area contributed by atoms with Crippen LogP contribution in [0.1, 0.15) is 12.5 Å². The van der Waals surface area contributed by atoms with Gasteiger partial charge in [-0.1, -0.05) is 59.8 Å². The van der Waals surface area contributed by atoms with Crippen molar-refractivity contribution in [3.05, 3.63) is 60.2 Å². The number of nitrogens with zero attached hydrogens (tertiary/aromatic N) is 3. The standard InChI is InChI=1S/C18H19N5OS/c1-12-8-10-14(11-9-12)16-21-22-18(23(16)19)25-13(2)17(24)20-15-6-4-3-5-7-15/h3-11,13H,19H2,1-2H3,(H,20,24)/t13-/m0/s1. The van der Waals surface area contributed by atoms with Crippen molar-refractivity contribution in [1.82, 2.24) is 14.9 Å². The van der Waals surface area contributed by atoms with Gasteiger partial charge < -0.3 is 11.2 Å². The summed E-state index contributed by atoms with van der Waals surface area (Å²) in [6, 6.07) is 17.2. The third-order valence-electron chi connectivity index (χ3n) is 3.67. The van der Waals surface area contributed by atoms with E-state index in [2.05, 4.69) is 15.5 Å². The van der Waals surface area contributed by atoms with Crippen LogP contribution >= 0.6 is 11.8 Å². The molecule has 0 bridgehead atoms. The van der Waals surface area contributed by atoms with Crippen LogP contribution in [-0.2, 0) is 4.79 Å². The summed E-state index contributed by atoms with van der Waals surface area (Å²) in [5.74, 6) is 6.57. The fourth-order valence-electron chi connectivity index (χ4n) is 2.23. The first-order chi connectivity index (χ1) is 12.0. The number of nitrogen functional groups attached to an aromatic ring is 1. The van der Waals surface area contributed by atoms with E-state index in [-0.39, 0.29) is 11.2 Å². The minimum Gasteiger partial charge on any atom is -0.335 e. The Labute approximate surface area is 150 Å². The molecule has 0 saturated carbocycles. The van der Waals surface area contributed by atoms with Gasteiger partial charge in [-0.3, -0.25) is 4.79 Å². The van der Waals surface area contributed by atoms with E-state index in [0.717, 1.165) is 16.8 Å². The summed E-state index contributed by atoms with van der Waals surface area (Å²) in [7, 11) is 0. The lowest BCUT2D eigenvalue weighted by Gasteiger charge is -2.11. The van der Waals surface area contributed by atoms with Crippen molar-refractivity contribution in [2.75, 3.05) is 11.2 Å². The van der Waals surface area contributed by atoms with E-state index in [9.17, 15) is 4.79 Å². The number of rotatable bonds is 5. The molecule has 25 heavy (non-hydrogen) atoms. The molecule has 3 aromatic rings. The third-order valence-corrected chi connectivity index (χ3v) is 4.72. The predicted octanol–water partition coefficient (Wildman–Crippen LogP) is 3.09. The van der Waals surface area contributed by atoms with Crippen LogP contribution in [0.4, 0.5) is 5.69 Å². The smallest absolute Gasteiger partial charge is 0.237 e. The number of para-hydroxylation sites is 1. The summed E-state index contributed by atoms with van der Waals surface area (Å²) < 4.78 is 1.42. The van der Waals surface area contributed by atoms with Crippen molar-refractivity contribution in [2.45, 2.75) is 24.3 Å². The van der Waals surface area contributed by atoms with E-state index in [4.69, 9.17) is 5.84 Å². The van der Waals surface area contributed by atoms with Crippen molar-refractivity contribution in [1.29, 1.82) is 0 Å². The van der Waals surface area contributed by atoms with Gasteiger partial charge in [0.2, 0.25) is 11.1 Å². The SMILES string of the molecule is Cc1ccc(-c2nnc(S[C@@H](C)C(=O)Nc3ccccc3)n2N)cc1. The fraction of sp³-hybridized carbons (Fsp3) is 0.167. The number of aryl methyl sites for hydroxylation is 1. The average Bonchev–Trinajstić information content (AvgIpc) is 2.97. The molecule has 3 rings (SSSR count). The number of aromatic nitrogens is 3. The van der Waals surface area contributed by atoms with Gasteiger partial charge >= 0.3 is 0 Å². The molecular weight excluding hydrogens is 334 g/mol. The van der Waals surface area contributed by atoms with Crippen LogP contribution in [0.25, 0.3) is 11.4 Å². The Hall–Kier alpha value is -2.80. The van der Waals surface area contributed by atoms with Crippen molar-refractivity contribution in [3.63, 3.8) is 0 Å². The summed E-state index contributed by atoms with van der Waals surface area (Å²) in [5, 5.41) is 11.3. The van der Waals surface area contributed by atoms with Gasteiger partial charge in [-0.2, -0.15) is 0 Å². The van der Waals surface area contributed by atoms with E-state index in [1.165, 1.54) is 16.4 Å². The molecule has 1 atom stereocenters. The van der Waals surface area contributed by atoms with Gasteiger partial charge in [0, 0.05) is 11.3 Å². The van der Waals surface area contributed by atoms with Crippen LogP contribution in [0.15, 0.2) is 59.8 Å². The number of hydrogen-bond acceptors (Lipinski definition) is 5. The van der Waals surface area contributed by atoms with Crippen LogP contribution < -0.4 is 11.2 Å². The number of nitrogens with one attached hydrogen (secondary N) is 1. The average molecular weight is 353 g/mol. The van der Waals surface area contributed by atoms with Gasteiger partial charge in [-0.15, -0.1) is 10.2 Å². The molecule has 2 aromatic carbocycles. The zero-order chi connectivity index (χ0) is 17.8. The van der Waals surface area contributed by atoms with E-state index >= 15 is 0 Å². The summed E-state index contributed by atoms with van der Waals surface area (Å²) in [6.07, 6.45) is 0. The molecule has 1 heterocycles. The normalized spacial score (nSPS) is 11.9. The van der Waals surface area contributed by atoms with Gasteiger partial charge in [0.15, 0.2) is 5.82 Å². The molecule has 0 radical (unpaired) electrons. The number of carbonyl (C=O) groups excluding carboxylic acids is 1. The minimum atomic E-state index is -0.363. The Kier molecular flexibility index (Phi) is 5.04. The van der Waals surface area contributed by atoms with E-state index < -0.39 is 0 Å². The summed E-state index contributed by atoms with van der Waals surface area (Å²) in [4.78, 5) is 12.3. The van der Waals surface area contributed by atoms with Crippen LogP contribution in [0.5, 0.6) is 0 Å². The molecule has 0 aliphatic carbocycles. The van der Waals surface area contributed by atoms with Gasteiger partial charge in [0.25, 0.3) is 0 Å². The highest BCUT2D eigenvalue weighted by atomic mass is 32.2. The fourth-order valence-corrected chi connectivity index (χ4v) is 3.00. The molecule has 0 fully saturated rings. The Bertz CT molecular complexity index is 861. The first-order valence-corrected chi connectivity index (χ1v) is 8.72. The molecule has 0 aliphatic rings. The molecule has 0 unspecified atom stereocenters. The van der Waals surface area contributed by atoms with Crippen molar-refractivity contribution in [3.8, 4) is 11.4 Å². The number of nitrogens with two attached hydrogens (primary N) is 1. The molecule has 1 amide bonds. The maximum absolute atomic E-state index is 12.3. The van der Waals surface area contributed by atoms with Crippen LogP contribution in [0.2, 0.25) is 0 Å². The lowest BCUT2D eigenvalue weighted by molar-refractivity contribution is -0.115. The molecule has 128 valence electrons. The van der Waals surface area contributed by atoms with Gasteiger partial charge in [0.05, 0.1) is 5.25 Å². The van der Waals surface area contributed by atoms with Crippen LogP contribution in [0, 0.1) is 6.92 Å². The topological polar surface area (TPSA) is 85.8 Å². The number of thioether (sulfide) groups is 1. The Morgan fingerprint density at radius 1 is 1.12 bits per heavy atom. The molecule has 0 aliphatic heterocycles. The molecule has 0 saturated heterocycles. The monoisotopic (exact) mass is 353 g/mol. The van der Waals surface area contributed by atoms with E-state index in [1.54, 1.807) is 0 Å². The zero-order valence-electron chi connectivity index (χ0n) is 14.0. The van der Waals surface area contributed by atoms with Crippen LogP contribution in [-0.4, -0.2) is 26.0 Å². The molecule has 6 nitrogen and oxygen atoms in total. The molecule has 3 N–H and O–H groups in total. The maximum Gasteiger partial charge on any atom is 0.237 e. The quantitative estimate of drug-likeness (QED) is 0.544. The number of anilines is 1. The lowest BCUT2D eigenvalue weighted by atomic mass is 10.1. The van der Waals surface area contributed by atoms with E-state index in [0.29, 0.717) is 11.0 Å². The van der Waals surface area contributed by atoms with Crippen molar-refractivity contribution in [2.24, 2.45) is 0 Å². The highest BCUT2D eigenvalue weighted by Gasteiger charge is 2.20. The molecular formula is C18H19N5OS. The Morgan fingerprint density at radius 3 is 2.48 bits per heavy atom. The number of hydrogen-bond donors (Lipinski definition) is 2. The summed E-state index contributed by atoms with van der Waals surface area (Å²) >= 11 is 1.27. The second-order valence-electron chi connectivity index (χ2n) is 5.66. The van der Waals surface area contributed by atoms with Crippen molar-refractivity contribution >= 4 is 23.4 Å².